The van der Waals surface area contributed by atoms with Gasteiger partial charge in [-0.15, -0.1) is 11.3 Å². The highest BCUT2D eigenvalue weighted by molar-refractivity contribution is 7.26. The summed E-state index contributed by atoms with van der Waals surface area (Å²) in [6.07, 6.45) is 8.21. The van der Waals surface area contributed by atoms with E-state index >= 15 is 0 Å². The third kappa shape index (κ3) is 5.76. The maximum atomic E-state index is 3.94. The Morgan fingerprint density at radius 2 is 1.14 bits per heavy atom. The summed E-state index contributed by atoms with van der Waals surface area (Å²) in [5.41, 5.74) is 15.2. The predicted molar refractivity (Wildman–Crippen MR) is 250 cm³/mol. The van der Waals surface area contributed by atoms with E-state index in [2.05, 4.69) is 225 Å². The SMILES string of the molecule is C=C/C=C\C=C(/C)C1(c2ccccc2)c2ccccc2-c2ccc(N(c3ccc(-c4cccc5c4sc4ccccc45)cc3)c3ccccc3-c3ccccc3)cc21. The summed E-state index contributed by atoms with van der Waals surface area (Å²) in [5, 5.41) is 2.63. The molecule has 1 unspecified atom stereocenters. The minimum atomic E-state index is -0.508. The molecule has 9 aromatic rings. The standard InChI is InChI=1S/C56H41NS/c1-3-4-7-19-39(2)56(42-22-10-6-11-23-42)51-29-15-12-25-47(51)48-37-36-44(38-52(48)56)57(53-30-16-13-24-45(53)40-20-8-5-9-21-40)43-34-32-41(33-35-43)46-27-18-28-50-49-26-14-17-31-54(49)58-55(46)50/h3-38H,1H2,2H3/b7-4-,39-19+. The van der Waals surface area contributed by atoms with E-state index in [-0.39, 0.29) is 0 Å². The second kappa shape index (κ2) is 14.8. The molecule has 0 radical (unpaired) electrons. The van der Waals surface area contributed by atoms with E-state index in [1.54, 1.807) is 0 Å². The van der Waals surface area contributed by atoms with Crippen LogP contribution < -0.4 is 4.90 Å². The first-order valence-electron chi connectivity index (χ1n) is 19.9. The lowest BCUT2D eigenvalue weighted by Gasteiger charge is -2.35. The van der Waals surface area contributed by atoms with Gasteiger partial charge in [0.1, 0.15) is 0 Å². The van der Waals surface area contributed by atoms with Crippen LogP contribution in [0.3, 0.4) is 0 Å². The van der Waals surface area contributed by atoms with Gasteiger partial charge in [0.2, 0.25) is 0 Å². The molecule has 0 aliphatic heterocycles. The average Bonchev–Trinajstić information content (AvgIpc) is 3.82. The molecule has 0 bridgehead atoms. The van der Waals surface area contributed by atoms with E-state index in [1.165, 1.54) is 75.8 Å². The molecule has 0 amide bonds. The molecule has 8 aromatic carbocycles. The van der Waals surface area contributed by atoms with Gasteiger partial charge < -0.3 is 4.90 Å². The van der Waals surface area contributed by atoms with Gasteiger partial charge in [0.15, 0.2) is 0 Å². The monoisotopic (exact) mass is 759 g/mol. The summed E-state index contributed by atoms with van der Waals surface area (Å²) in [6, 6.07) is 71.2. The van der Waals surface area contributed by atoms with Crippen molar-refractivity contribution in [3.8, 4) is 33.4 Å². The van der Waals surface area contributed by atoms with Crippen molar-refractivity contribution < 1.29 is 0 Å². The Morgan fingerprint density at radius 3 is 1.95 bits per heavy atom. The summed E-state index contributed by atoms with van der Waals surface area (Å²) >= 11 is 1.88. The van der Waals surface area contributed by atoms with Crippen LogP contribution in [0.1, 0.15) is 23.6 Å². The highest BCUT2D eigenvalue weighted by atomic mass is 32.1. The first-order valence-corrected chi connectivity index (χ1v) is 20.7. The average molecular weight is 760 g/mol. The molecule has 0 saturated carbocycles. The maximum absolute atomic E-state index is 3.94. The van der Waals surface area contributed by atoms with Gasteiger partial charge in [0, 0.05) is 37.1 Å². The zero-order valence-corrected chi connectivity index (χ0v) is 33.2. The van der Waals surface area contributed by atoms with Gasteiger partial charge in [-0.05, 0) is 87.8 Å². The van der Waals surface area contributed by atoms with Crippen LogP contribution in [0.4, 0.5) is 17.1 Å². The summed E-state index contributed by atoms with van der Waals surface area (Å²) in [6.45, 7) is 6.22. The molecular formula is C56H41NS. The van der Waals surface area contributed by atoms with Gasteiger partial charge in [0.05, 0.1) is 11.1 Å². The van der Waals surface area contributed by atoms with Gasteiger partial charge >= 0.3 is 0 Å². The lowest BCUT2D eigenvalue weighted by molar-refractivity contribution is 0.746. The third-order valence-corrected chi connectivity index (χ3v) is 13.0. The summed E-state index contributed by atoms with van der Waals surface area (Å²) in [7, 11) is 0. The van der Waals surface area contributed by atoms with Crippen molar-refractivity contribution >= 4 is 48.6 Å². The number of para-hydroxylation sites is 1. The van der Waals surface area contributed by atoms with Gasteiger partial charge in [-0.2, -0.15) is 0 Å². The van der Waals surface area contributed by atoms with Crippen molar-refractivity contribution in [1.82, 2.24) is 0 Å². The number of hydrogen-bond acceptors (Lipinski definition) is 2. The van der Waals surface area contributed by atoms with E-state index < -0.39 is 5.41 Å². The molecule has 0 saturated heterocycles. The molecule has 0 spiro atoms. The second-order valence-corrected chi connectivity index (χ2v) is 16.0. The quantitative estimate of drug-likeness (QED) is 0.133. The van der Waals surface area contributed by atoms with Crippen molar-refractivity contribution in [3.63, 3.8) is 0 Å². The van der Waals surface area contributed by atoms with Gasteiger partial charge in [-0.3, -0.25) is 0 Å². The normalized spacial score (nSPS) is 14.8. The summed E-state index contributed by atoms with van der Waals surface area (Å²) < 4.78 is 2.64. The van der Waals surface area contributed by atoms with Crippen LogP contribution in [0.5, 0.6) is 0 Å². The lowest BCUT2D eigenvalue weighted by atomic mass is 9.67. The molecule has 10 rings (SSSR count). The van der Waals surface area contributed by atoms with E-state index in [0.717, 1.165) is 17.1 Å². The fraction of sp³-hybridized carbons (Fsp3) is 0.0357. The topological polar surface area (TPSA) is 3.24 Å². The Morgan fingerprint density at radius 1 is 0.517 bits per heavy atom. The first kappa shape index (κ1) is 35.4. The number of nitrogens with zero attached hydrogens (tertiary/aromatic N) is 1. The molecule has 1 heterocycles. The second-order valence-electron chi connectivity index (χ2n) is 14.9. The Kier molecular flexibility index (Phi) is 9.05. The first-order chi connectivity index (χ1) is 28.7. The van der Waals surface area contributed by atoms with Crippen LogP contribution >= 0.6 is 11.3 Å². The number of fused-ring (bicyclic) bond motifs is 6. The van der Waals surface area contributed by atoms with Crippen LogP contribution in [-0.2, 0) is 5.41 Å². The molecule has 1 atom stereocenters. The Labute approximate surface area is 344 Å². The lowest BCUT2D eigenvalue weighted by Crippen LogP contribution is -2.28. The molecule has 2 heteroatoms. The molecule has 1 aliphatic carbocycles. The molecule has 0 N–H and O–H groups in total. The van der Waals surface area contributed by atoms with Crippen LogP contribution in [0.25, 0.3) is 53.6 Å². The highest BCUT2D eigenvalue weighted by Crippen LogP contribution is 2.57. The number of rotatable bonds is 9. The minimum absolute atomic E-state index is 0.508. The number of hydrogen-bond donors (Lipinski definition) is 0. The molecule has 276 valence electrons. The summed E-state index contributed by atoms with van der Waals surface area (Å²) in [4.78, 5) is 2.45. The Hall–Kier alpha value is -7.00. The molecule has 1 nitrogen and oxygen atoms in total. The van der Waals surface area contributed by atoms with Crippen LogP contribution in [0.15, 0.2) is 231 Å². The minimum Gasteiger partial charge on any atom is -0.310 e. The largest absolute Gasteiger partial charge is 0.310 e. The molecule has 0 fully saturated rings. The molecule has 58 heavy (non-hydrogen) atoms. The van der Waals surface area contributed by atoms with Gasteiger partial charge in [0.25, 0.3) is 0 Å². The number of anilines is 3. The van der Waals surface area contributed by atoms with Crippen molar-refractivity contribution in [2.75, 3.05) is 4.90 Å². The van der Waals surface area contributed by atoms with E-state index in [4.69, 9.17) is 0 Å². The van der Waals surface area contributed by atoms with Gasteiger partial charge in [-0.1, -0.05) is 194 Å². The fourth-order valence-corrected chi connectivity index (χ4v) is 10.4. The van der Waals surface area contributed by atoms with Crippen LogP contribution in [0.2, 0.25) is 0 Å². The molecule has 1 aromatic heterocycles. The van der Waals surface area contributed by atoms with Crippen molar-refractivity contribution in [1.29, 1.82) is 0 Å². The van der Waals surface area contributed by atoms with E-state index in [0.29, 0.717) is 0 Å². The smallest absolute Gasteiger partial charge is 0.0674 e. The zero-order chi connectivity index (χ0) is 39.1. The number of allylic oxidation sites excluding steroid dienone is 5. The number of thiophene rings is 1. The van der Waals surface area contributed by atoms with Crippen molar-refractivity contribution in [2.24, 2.45) is 0 Å². The predicted octanol–water partition coefficient (Wildman–Crippen LogP) is 15.9. The number of benzene rings is 8. The Bertz CT molecular complexity index is 3020. The molecular weight excluding hydrogens is 719 g/mol. The van der Waals surface area contributed by atoms with E-state index in [1.807, 2.05) is 23.5 Å². The van der Waals surface area contributed by atoms with Gasteiger partial charge in [-0.25, -0.2) is 0 Å². The molecule has 1 aliphatic rings. The highest BCUT2D eigenvalue weighted by Gasteiger charge is 2.46. The fourth-order valence-electron chi connectivity index (χ4n) is 9.18. The third-order valence-electron chi connectivity index (χ3n) is 11.7. The van der Waals surface area contributed by atoms with E-state index in [9.17, 15) is 0 Å². The maximum Gasteiger partial charge on any atom is 0.0674 e. The van der Waals surface area contributed by atoms with Crippen LogP contribution in [0, 0.1) is 0 Å². The summed E-state index contributed by atoms with van der Waals surface area (Å²) in [5.74, 6) is 0. The van der Waals surface area contributed by atoms with Crippen LogP contribution in [-0.4, -0.2) is 0 Å². The zero-order valence-electron chi connectivity index (χ0n) is 32.3. The van der Waals surface area contributed by atoms with Crippen molar-refractivity contribution in [2.45, 2.75) is 12.3 Å². The Balaban J connectivity index is 1.20. The van der Waals surface area contributed by atoms with Crippen molar-refractivity contribution in [3.05, 3.63) is 247 Å².